The molecule has 5 fully saturated rings. The summed E-state index contributed by atoms with van der Waals surface area (Å²) in [6.45, 7) is -0.176. The Kier molecular flexibility index (Phi) is 24.3. The molecule has 26 nitrogen and oxygen atoms in total. The highest BCUT2D eigenvalue weighted by Gasteiger charge is 2.44. The zero-order chi connectivity index (χ0) is 55.3. The molecule has 5 aliphatic rings. The number of hydrogen-bond donors (Lipinski definition) is 12. The van der Waals surface area contributed by atoms with Gasteiger partial charge < -0.3 is 80.2 Å². The van der Waals surface area contributed by atoms with Crippen molar-refractivity contribution < 1.29 is 53.4 Å². The standard InChI is InChI=1S/C50H85N15O11/c51-32(16-7-21-56-49(52)53)45(72)65-25-11-20-39(65)47(74)64-24-9-18-37(64)43(70)58-28-40(67)59-34(26-30-12-3-1-4-13-30)41(68)62-36(29-66)46(73)63-23-10-19-38(63)44(71)61-35(27-31-14-5-2-6-15-31)42(69)60-33(48(75)76)17-8-22-57-50(54)55/h30-39,66H,1-29,51H2,(H,58,70)(H,59,67)(H,60,69)(H,61,71)(H,62,68)(H,75,76)(H4,52,53,56)(H4,54,55,57)/t32-,33-,34-,35-,36-,37-,38-,39-/m0/s1. The van der Waals surface area contributed by atoms with Crippen LogP contribution in [0, 0.1) is 11.8 Å². The Labute approximate surface area is 444 Å². The summed E-state index contributed by atoms with van der Waals surface area (Å²) < 4.78 is 0. The summed E-state index contributed by atoms with van der Waals surface area (Å²) in [5.74, 6) is -6.14. The van der Waals surface area contributed by atoms with E-state index < -0.39 is 103 Å². The summed E-state index contributed by atoms with van der Waals surface area (Å²) in [7, 11) is 0. The van der Waals surface area contributed by atoms with Crippen LogP contribution in [0.1, 0.15) is 141 Å². The number of carboxylic acid groups (broad SMARTS) is 1. The lowest BCUT2D eigenvalue weighted by Gasteiger charge is -2.32. The Morgan fingerprint density at radius 3 is 1.53 bits per heavy atom. The molecule has 26 heteroatoms. The maximum Gasteiger partial charge on any atom is 0.326 e. The van der Waals surface area contributed by atoms with Crippen LogP contribution in [0.15, 0.2) is 9.98 Å². The lowest BCUT2D eigenvalue weighted by molar-refractivity contribution is -0.147. The average Bonchev–Trinajstić information content (AvgIpc) is 4.22. The SMILES string of the molecule is NC(N)=NCCC[C@H](NC(=O)[C@H](CC1CCCCC1)NC(=O)[C@@H]1CCCN1C(=O)[C@H](CO)NC(=O)[C@H](CC1CCCCC1)NC(=O)CNC(=O)[C@@H]1CCCN1C(=O)[C@@H]1CCCN1C(=O)[C@@H](N)CCCN=C(N)N)C(=O)O. The maximum absolute atomic E-state index is 14.2. The van der Waals surface area contributed by atoms with Crippen molar-refractivity contribution in [3.8, 4) is 0 Å². The van der Waals surface area contributed by atoms with Crippen molar-refractivity contribution in [2.24, 2.45) is 50.5 Å². The van der Waals surface area contributed by atoms with Crippen LogP contribution in [0.2, 0.25) is 0 Å². The van der Waals surface area contributed by atoms with Crippen molar-refractivity contribution in [3.05, 3.63) is 0 Å². The predicted molar refractivity (Wildman–Crippen MR) is 280 cm³/mol. The summed E-state index contributed by atoms with van der Waals surface area (Å²) in [5, 5.41) is 33.8. The van der Waals surface area contributed by atoms with E-state index in [-0.39, 0.29) is 87.3 Å². The zero-order valence-corrected chi connectivity index (χ0v) is 44.0. The van der Waals surface area contributed by atoms with Gasteiger partial charge in [0.25, 0.3) is 0 Å². The normalized spacial score (nSPS) is 22.0. The molecule has 0 unspecified atom stereocenters. The van der Waals surface area contributed by atoms with Gasteiger partial charge in [-0.1, -0.05) is 64.2 Å². The third-order valence-corrected chi connectivity index (χ3v) is 15.4. The van der Waals surface area contributed by atoms with Gasteiger partial charge in [0.15, 0.2) is 11.9 Å². The zero-order valence-electron chi connectivity index (χ0n) is 44.0. The number of hydrogen-bond acceptors (Lipinski definition) is 13. The fraction of sp³-hybridized carbons (Fsp3) is 0.780. The number of aliphatic hydroxyl groups is 1. The molecule has 3 saturated heterocycles. The number of nitrogens with one attached hydrogen (secondary N) is 5. The maximum atomic E-state index is 14.2. The number of aliphatic hydroxyl groups excluding tert-OH is 1. The second-order valence-electron chi connectivity index (χ2n) is 21.1. The molecule has 5 rings (SSSR count). The highest BCUT2D eigenvalue weighted by molar-refractivity contribution is 5.98. The van der Waals surface area contributed by atoms with Gasteiger partial charge in [-0.15, -0.1) is 0 Å². The number of nitrogens with two attached hydrogens (primary N) is 5. The van der Waals surface area contributed by atoms with Gasteiger partial charge in [-0.05, 0) is 88.9 Å². The first-order valence-electron chi connectivity index (χ1n) is 27.5. The number of nitrogens with zero attached hydrogens (tertiary/aromatic N) is 5. The van der Waals surface area contributed by atoms with Crippen LogP contribution in [0.25, 0.3) is 0 Å². The number of rotatable bonds is 27. The van der Waals surface area contributed by atoms with E-state index in [1.54, 1.807) is 0 Å². The minimum absolute atomic E-state index is 0.0281. The number of likely N-dealkylation sites (tertiary alicyclic amines) is 3. The Bertz CT molecular complexity index is 2080. The fourth-order valence-corrected chi connectivity index (χ4v) is 11.4. The number of amides is 8. The molecule has 76 heavy (non-hydrogen) atoms. The van der Waals surface area contributed by atoms with Crippen molar-refractivity contribution in [1.29, 1.82) is 0 Å². The lowest BCUT2D eigenvalue weighted by atomic mass is 9.84. The summed E-state index contributed by atoms with van der Waals surface area (Å²) in [5.41, 5.74) is 27.8. The predicted octanol–water partition coefficient (Wildman–Crippen LogP) is -2.53. The molecule has 8 amide bonds. The van der Waals surface area contributed by atoms with E-state index in [1.807, 2.05) is 0 Å². The van der Waals surface area contributed by atoms with Crippen molar-refractivity contribution in [1.82, 2.24) is 41.3 Å². The van der Waals surface area contributed by atoms with Crippen LogP contribution in [0.4, 0.5) is 0 Å². The van der Waals surface area contributed by atoms with Crippen molar-refractivity contribution in [2.45, 2.75) is 190 Å². The molecule has 2 aliphatic carbocycles. The second kappa shape index (κ2) is 30.4. The van der Waals surface area contributed by atoms with E-state index in [0.717, 1.165) is 64.2 Å². The Hall–Kier alpha value is -6.31. The van der Waals surface area contributed by atoms with Crippen molar-refractivity contribution >= 4 is 65.1 Å². The molecule has 0 spiro atoms. The van der Waals surface area contributed by atoms with E-state index in [2.05, 4.69) is 36.6 Å². The minimum Gasteiger partial charge on any atom is -0.480 e. The average molecular weight is 1070 g/mol. The molecule has 0 radical (unpaired) electrons. The summed E-state index contributed by atoms with van der Waals surface area (Å²) in [4.78, 5) is 135. The molecule has 0 aromatic carbocycles. The van der Waals surface area contributed by atoms with Crippen LogP contribution >= 0.6 is 0 Å². The van der Waals surface area contributed by atoms with E-state index in [0.29, 0.717) is 58.0 Å². The lowest BCUT2D eigenvalue weighted by Crippen LogP contribution is -2.60. The molecule has 0 aromatic heterocycles. The molecule has 8 atom stereocenters. The molecule has 426 valence electrons. The molecular weight excluding hydrogens is 987 g/mol. The number of carboxylic acids is 1. The fourth-order valence-electron chi connectivity index (χ4n) is 11.4. The third-order valence-electron chi connectivity index (χ3n) is 15.4. The summed E-state index contributed by atoms with van der Waals surface area (Å²) in [6.07, 6.45) is 13.1. The Morgan fingerprint density at radius 1 is 0.526 bits per heavy atom. The van der Waals surface area contributed by atoms with Crippen LogP contribution in [0.3, 0.4) is 0 Å². The second-order valence-corrected chi connectivity index (χ2v) is 21.1. The van der Waals surface area contributed by atoms with E-state index in [1.165, 1.54) is 14.7 Å². The number of guanidine groups is 2. The van der Waals surface area contributed by atoms with Crippen LogP contribution in [-0.2, 0) is 43.2 Å². The summed E-state index contributed by atoms with van der Waals surface area (Å²) in [6, 6.07) is -8.70. The van der Waals surface area contributed by atoms with Gasteiger partial charge in [0.1, 0.15) is 42.3 Å². The molecule has 17 N–H and O–H groups in total. The Balaban J connectivity index is 1.19. The van der Waals surface area contributed by atoms with Crippen LogP contribution < -0.4 is 55.3 Å². The first-order valence-corrected chi connectivity index (χ1v) is 27.5. The monoisotopic (exact) mass is 1070 g/mol. The first kappa shape index (κ1) is 60.6. The van der Waals surface area contributed by atoms with Crippen LogP contribution in [0.5, 0.6) is 0 Å². The molecule has 0 bridgehead atoms. The van der Waals surface area contributed by atoms with Crippen molar-refractivity contribution in [2.75, 3.05) is 45.9 Å². The van der Waals surface area contributed by atoms with Gasteiger partial charge in [-0.3, -0.25) is 48.3 Å². The van der Waals surface area contributed by atoms with Gasteiger partial charge in [-0.2, -0.15) is 0 Å². The molecule has 0 aromatic rings. The molecule has 2 saturated carbocycles. The van der Waals surface area contributed by atoms with E-state index in [9.17, 15) is 53.4 Å². The first-order chi connectivity index (χ1) is 36.4. The smallest absolute Gasteiger partial charge is 0.326 e. The Morgan fingerprint density at radius 2 is 1.00 bits per heavy atom. The van der Waals surface area contributed by atoms with Crippen molar-refractivity contribution in [3.63, 3.8) is 0 Å². The molecule has 3 aliphatic heterocycles. The summed E-state index contributed by atoms with van der Waals surface area (Å²) >= 11 is 0. The quantitative estimate of drug-likeness (QED) is 0.0229. The highest BCUT2D eigenvalue weighted by Crippen LogP contribution is 2.30. The number of carbonyl (C=O) groups is 9. The van der Waals surface area contributed by atoms with Gasteiger partial charge in [0.2, 0.25) is 47.3 Å². The number of aliphatic imine (C=N–C) groups is 2. The number of carbonyl (C=O) groups excluding carboxylic acids is 8. The third kappa shape index (κ3) is 18.2. The van der Waals surface area contributed by atoms with E-state index in [4.69, 9.17) is 28.7 Å². The van der Waals surface area contributed by atoms with Gasteiger partial charge in [0, 0.05) is 32.7 Å². The highest BCUT2D eigenvalue weighted by atomic mass is 16.4. The topological polar surface area (TPSA) is 419 Å². The van der Waals surface area contributed by atoms with E-state index >= 15 is 0 Å². The number of aliphatic carboxylic acids is 1. The van der Waals surface area contributed by atoms with Gasteiger partial charge >= 0.3 is 5.97 Å². The van der Waals surface area contributed by atoms with Gasteiger partial charge in [-0.25, -0.2) is 4.79 Å². The van der Waals surface area contributed by atoms with Gasteiger partial charge in [0.05, 0.1) is 19.2 Å². The largest absolute Gasteiger partial charge is 0.480 e. The van der Waals surface area contributed by atoms with Crippen LogP contribution in [-0.4, -0.2) is 184 Å². The molecular formula is C50H85N15O11. The minimum atomic E-state index is -1.51. The molecule has 3 heterocycles.